The molecule has 0 unspecified atom stereocenters. The van der Waals surface area contributed by atoms with Gasteiger partial charge in [-0.3, -0.25) is 9.69 Å². The summed E-state index contributed by atoms with van der Waals surface area (Å²) in [5.74, 6) is 0.0866. The number of hydrogen-bond acceptors (Lipinski definition) is 4. The van der Waals surface area contributed by atoms with Crippen molar-refractivity contribution < 1.29 is 4.79 Å². The normalized spacial score (nSPS) is 18.2. The molecule has 1 aliphatic rings. The second kappa shape index (κ2) is 8.30. The van der Waals surface area contributed by atoms with Crippen LogP contribution in [0.4, 0.5) is 0 Å². The van der Waals surface area contributed by atoms with Gasteiger partial charge in [-0.1, -0.05) is 13.8 Å². The molecule has 0 aromatic rings. The van der Waals surface area contributed by atoms with E-state index in [2.05, 4.69) is 10.2 Å². The van der Waals surface area contributed by atoms with Gasteiger partial charge in [0.15, 0.2) is 5.78 Å². The van der Waals surface area contributed by atoms with E-state index in [0.717, 1.165) is 31.8 Å². The zero-order valence-electron chi connectivity index (χ0n) is 11.0. The van der Waals surface area contributed by atoms with Crippen LogP contribution in [0.1, 0.15) is 27.7 Å². The fourth-order valence-corrected chi connectivity index (χ4v) is 1.61. The third-order valence-corrected chi connectivity index (χ3v) is 2.49. The van der Waals surface area contributed by atoms with Gasteiger partial charge in [0.2, 0.25) is 0 Å². The van der Waals surface area contributed by atoms with Gasteiger partial charge in [0.05, 0.1) is 0 Å². The molecular weight excluding hydrogens is 202 g/mol. The number of Topliss-reactive ketones (excluding diaryl/α,β-unsaturated/α-hetero) is 1. The second-order valence-electron chi connectivity index (χ2n) is 3.74. The molecule has 0 aromatic carbocycles. The Morgan fingerprint density at radius 2 is 1.75 bits per heavy atom. The number of ketones is 1. The number of carbonyl (C=O) groups excluding carboxylic acids is 1. The zero-order chi connectivity index (χ0) is 12.6. The van der Waals surface area contributed by atoms with Crippen molar-refractivity contribution in [2.75, 3.05) is 32.7 Å². The fraction of sp³-hybridized carbons (Fsp3) is 0.750. The Kier molecular flexibility index (Phi) is 7.85. The highest BCUT2D eigenvalue weighted by Gasteiger charge is 2.14. The average Bonchev–Trinajstić information content (AvgIpc) is 2.29. The van der Waals surface area contributed by atoms with E-state index in [4.69, 9.17) is 5.73 Å². The van der Waals surface area contributed by atoms with E-state index in [1.54, 1.807) is 13.8 Å². The number of nitrogens with zero attached hydrogens (tertiary/aromatic N) is 1. The van der Waals surface area contributed by atoms with E-state index in [-0.39, 0.29) is 5.78 Å². The van der Waals surface area contributed by atoms with Gasteiger partial charge in [-0.2, -0.15) is 0 Å². The largest absolute Gasteiger partial charge is 0.402 e. The zero-order valence-corrected chi connectivity index (χ0v) is 11.0. The minimum atomic E-state index is 0.0866. The smallest absolute Gasteiger partial charge is 0.158 e. The predicted octanol–water partition coefficient (Wildman–Crippen LogP) is 0.740. The van der Waals surface area contributed by atoms with Crippen LogP contribution in [-0.4, -0.2) is 43.4 Å². The Hall–Kier alpha value is -0.870. The summed E-state index contributed by atoms with van der Waals surface area (Å²) in [4.78, 5) is 13.5. The lowest BCUT2D eigenvalue weighted by Gasteiger charge is -2.27. The van der Waals surface area contributed by atoms with Crippen LogP contribution in [0.5, 0.6) is 0 Å². The van der Waals surface area contributed by atoms with Crippen LogP contribution in [0.15, 0.2) is 11.3 Å². The van der Waals surface area contributed by atoms with E-state index in [0.29, 0.717) is 12.2 Å². The third kappa shape index (κ3) is 5.28. The van der Waals surface area contributed by atoms with Gasteiger partial charge in [-0.25, -0.2) is 0 Å². The first-order chi connectivity index (χ1) is 7.61. The average molecular weight is 227 g/mol. The Labute approximate surface area is 98.9 Å². The summed E-state index contributed by atoms with van der Waals surface area (Å²) in [6.07, 6.45) is 0. The van der Waals surface area contributed by atoms with Crippen molar-refractivity contribution in [3.8, 4) is 0 Å². The summed E-state index contributed by atoms with van der Waals surface area (Å²) >= 11 is 0. The van der Waals surface area contributed by atoms with E-state index < -0.39 is 0 Å². The summed E-state index contributed by atoms with van der Waals surface area (Å²) in [5.41, 5.74) is 7.08. The summed E-state index contributed by atoms with van der Waals surface area (Å²) in [6, 6.07) is 0. The van der Waals surface area contributed by atoms with Crippen molar-refractivity contribution >= 4 is 5.78 Å². The molecule has 0 atom stereocenters. The summed E-state index contributed by atoms with van der Waals surface area (Å²) in [5, 5.41) is 3.27. The lowest BCUT2D eigenvalue weighted by molar-refractivity contribution is -0.113. The molecule has 1 aliphatic heterocycles. The third-order valence-electron chi connectivity index (χ3n) is 2.49. The number of nitrogens with one attached hydrogen (secondary N) is 1. The highest BCUT2D eigenvalue weighted by molar-refractivity contribution is 5.94. The van der Waals surface area contributed by atoms with Crippen LogP contribution < -0.4 is 11.1 Å². The topological polar surface area (TPSA) is 58.4 Å². The second-order valence-corrected chi connectivity index (χ2v) is 3.74. The monoisotopic (exact) mass is 227 g/mol. The molecule has 0 spiro atoms. The number of allylic oxidation sites excluding steroid dienone is 1. The molecule has 4 heteroatoms. The van der Waals surface area contributed by atoms with Crippen LogP contribution in [0.2, 0.25) is 0 Å². The highest BCUT2D eigenvalue weighted by Crippen LogP contribution is 2.05. The predicted molar refractivity (Wildman–Crippen MR) is 68.2 cm³/mol. The molecule has 3 N–H and O–H groups in total. The molecular formula is C12H25N3O. The standard InChI is InChI=1S/C10H19N3O.C2H6/c1-8(11)10(9(2)14)7-13-5-3-12-4-6-13;1-2/h12H,3-7,11H2,1-2H3;1-2H3/b10-8-;. The Morgan fingerprint density at radius 1 is 1.25 bits per heavy atom. The maximum absolute atomic E-state index is 11.3. The quantitative estimate of drug-likeness (QED) is 0.698. The van der Waals surface area contributed by atoms with Crippen molar-refractivity contribution in [2.45, 2.75) is 27.7 Å². The van der Waals surface area contributed by atoms with Gasteiger partial charge >= 0.3 is 0 Å². The Balaban J connectivity index is 0.00000106. The van der Waals surface area contributed by atoms with E-state index >= 15 is 0 Å². The maximum Gasteiger partial charge on any atom is 0.158 e. The van der Waals surface area contributed by atoms with Gasteiger partial charge in [0.1, 0.15) is 0 Å². The van der Waals surface area contributed by atoms with E-state index in [1.165, 1.54) is 0 Å². The molecule has 0 radical (unpaired) electrons. The molecule has 0 aromatic heterocycles. The van der Waals surface area contributed by atoms with Crippen LogP contribution in [0.3, 0.4) is 0 Å². The fourth-order valence-electron chi connectivity index (χ4n) is 1.61. The van der Waals surface area contributed by atoms with Gasteiger partial charge in [0, 0.05) is 44.0 Å². The summed E-state index contributed by atoms with van der Waals surface area (Å²) < 4.78 is 0. The molecule has 0 bridgehead atoms. The number of piperazine rings is 1. The molecule has 0 amide bonds. The number of hydrogen-bond donors (Lipinski definition) is 2. The minimum absolute atomic E-state index is 0.0866. The SMILES string of the molecule is CC.CC(=O)/C(CN1CCNCC1)=C(/C)N. The van der Waals surface area contributed by atoms with E-state index in [1.807, 2.05) is 13.8 Å². The van der Waals surface area contributed by atoms with E-state index in [9.17, 15) is 4.79 Å². The van der Waals surface area contributed by atoms with Crippen molar-refractivity contribution in [1.82, 2.24) is 10.2 Å². The highest BCUT2D eigenvalue weighted by atomic mass is 16.1. The summed E-state index contributed by atoms with van der Waals surface area (Å²) in [6.45, 7) is 12.0. The molecule has 0 aliphatic carbocycles. The molecule has 1 fully saturated rings. The van der Waals surface area contributed by atoms with Gasteiger partial charge in [0.25, 0.3) is 0 Å². The molecule has 1 rings (SSSR count). The Morgan fingerprint density at radius 3 is 2.12 bits per heavy atom. The molecule has 4 nitrogen and oxygen atoms in total. The van der Waals surface area contributed by atoms with Gasteiger partial charge in [-0.05, 0) is 13.8 Å². The summed E-state index contributed by atoms with van der Waals surface area (Å²) in [7, 11) is 0. The first-order valence-corrected chi connectivity index (χ1v) is 6.00. The van der Waals surface area contributed by atoms with Crippen LogP contribution in [0.25, 0.3) is 0 Å². The van der Waals surface area contributed by atoms with Crippen molar-refractivity contribution in [1.29, 1.82) is 0 Å². The van der Waals surface area contributed by atoms with Crippen molar-refractivity contribution in [3.63, 3.8) is 0 Å². The first-order valence-electron chi connectivity index (χ1n) is 6.00. The molecule has 0 saturated carbocycles. The van der Waals surface area contributed by atoms with Crippen LogP contribution >= 0.6 is 0 Å². The lowest BCUT2D eigenvalue weighted by Crippen LogP contribution is -2.44. The first kappa shape index (κ1) is 15.1. The molecule has 1 saturated heterocycles. The maximum atomic E-state index is 11.3. The van der Waals surface area contributed by atoms with Crippen LogP contribution in [-0.2, 0) is 4.79 Å². The lowest BCUT2D eigenvalue weighted by atomic mass is 10.1. The van der Waals surface area contributed by atoms with Crippen molar-refractivity contribution in [3.05, 3.63) is 11.3 Å². The minimum Gasteiger partial charge on any atom is -0.402 e. The van der Waals surface area contributed by atoms with Gasteiger partial charge < -0.3 is 11.1 Å². The van der Waals surface area contributed by atoms with Gasteiger partial charge in [-0.15, -0.1) is 0 Å². The number of nitrogens with two attached hydrogens (primary N) is 1. The van der Waals surface area contributed by atoms with Crippen LogP contribution in [0, 0.1) is 0 Å². The van der Waals surface area contributed by atoms with Crippen molar-refractivity contribution in [2.24, 2.45) is 5.73 Å². The molecule has 94 valence electrons. The molecule has 1 heterocycles. The number of rotatable bonds is 3. The molecule has 16 heavy (non-hydrogen) atoms. The number of carbonyl (C=O) groups is 1. The Bertz CT molecular complexity index is 239.